The minimum absolute atomic E-state index is 0.0913. The molecule has 5 nitrogen and oxygen atoms in total. The number of benzene rings is 1. The molecule has 0 radical (unpaired) electrons. The van der Waals surface area contributed by atoms with Gasteiger partial charge in [-0.2, -0.15) is 0 Å². The molecule has 0 amide bonds. The van der Waals surface area contributed by atoms with Crippen molar-refractivity contribution in [3.05, 3.63) is 28.8 Å². The average Bonchev–Trinajstić information content (AvgIpc) is 2.33. The molecule has 0 aromatic heterocycles. The van der Waals surface area contributed by atoms with Crippen molar-refractivity contribution in [2.75, 3.05) is 13.2 Å². The van der Waals surface area contributed by atoms with Crippen molar-refractivity contribution in [1.82, 2.24) is 0 Å². The van der Waals surface area contributed by atoms with Crippen LogP contribution in [-0.4, -0.2) is 30.6 Å². The third kappa shape index (κ3) is 5.23. The molecule has 0 atom stereocenters. The van der Waals surface area contributed by atoms with Gasteiger partial charge in [-0.1, -0.05) is 16.8 Å². The minimum Gasteiger partial charge on any atom is -0.490 e. The highest BCUT2D eigenvalue weighted by atomic mass is 35.5. The first kappa shape index (κ1) is 15.4. The Bertz CT molecular complexity index is 466. The smallest absolute Gasteiger partial charge is 0.490 e. The zero-order valence-corrected chi connectivity index (χ0v) is 10.2. The van der Waals surface area contributed by atoms with Gasteiger partial charge >= 0.3 is 6.36 Å². The van der Waals surface area contributed by atoms with E-state index in [9.17, 15) is 13.2 Å². The Morgan fingerprint density at radius 3 is 2.63 bits per heavy atom. The molecule has 9 heteroatoms. The highest BCUT2D eigenvalue weighted by Crippen LogP contribution is 2.23. The number of ether oxygens (including phenoxy) is 2. The molecule has 0 aliphatic heterocycles. The van der Waals surface area contributed by atoms with E-state index in [1.54, 1.807) is 0 Å². The van der Waals surface area contributed by atoms with Crippen molar-refractivity contribution in [3.8, 4) is 5.75 Å². The first-order chi connectivity index (χ1) is 8.83. The molecule has 106 valence electrons. The number of alkyl halides is 3. The van der Waals surface area contributed by atoms with Crippen molar-refractivity contribution < 1.29 is 27.9 Å². The summed E-state index contributed by atoms with van der Waals surface area (Å²) in [4.78, 5) is 0. The number of nitrogens with two attached hydrogens (primary N) is 1. The molecule has 0 aliphatic rings. The van der Waals surface area contributed by atoms with Crippen LogP contribution >= 0.6 is 11.6 Å². The normalized spacial score (nSPS) is 12.5. The van der Waals surface area contributed by atoms with Gasteiger partial charge in [-0.05, 0) is 18.2 Å². The second-order valence-electron chi connectivity index (χ2n) is 3.27. The number of amidine groups is 1. The number of halogens is 4. The van der Waals surface area contributed by atoms with Crippen LogP contribution in [0.15, 0.2) is 23.4 Å². The van der Waals surface area contributed by atoms with E-state index in [1.807, 2.05) is 0 Å². The molecular weight excluding hydrogens is 289 g/mol. The molecule has 1 rings (SSSR count). The number of hydrogen-bond donors (Lipinski definition) is 2. The van der Waals surface area contributed by atoms with E-state index < -0.39 is 13.0 Å². The maximum absolute atomic E-state index is 11.7. The maximum Gasteiger partial charge on any atom is 0.522 e. The topological polar surface area (TPSA) is 77.1 Å². The Balaban J connectivity index is 2.69. The van der Waals surface area contributed by atoms with Gasteiger partial charge in [0.05, 0.1) is 12.2 Å². The second kappa shape index (κ2) is 6.48. The lowest BCUT2D eigenvalue weighted by Gasteiger charge is -2.12. The Morgan fingerprint density at radius 1 is 1.37 bits per heavy atom. The third-order valence-electron chi connectivity index (χ3n) is 1.93. The van der Waals surface area contributed by atoms with Gasteiger partial charge in [-0.3, -0.25) is 4.74 Å². The van der Waals surface area contributed by atoms with E-state index in [-0.39, 0.29) is 23.8 Å². The van der Waals surface area contributed by atoms with Crippen molar-refractivity contribution >= 4 is 17.4 Å². The Hall–Kier alpha value is -1.67. The van der Waals surface area contributed by atoms with Crippen LogP contribution in [0.4, 0.5) is 13.2 Å². The van der Waals surface area contributed by atoms with Gasteiger partial charge in [0.2, 0.25) is 0 Å². The van der Waals surface area contributed by atoms with Gasteiger partial charge in [0.1, 0.15) is 12.4 Å². The lowest BCUT2D eigenvalue weighted by atomic mass is 10.2. The largest absolute Gasteiger partial charge is 0.522 e. The average molecular weight is 299 g/mol. The fraction of sp³-hybridized carbons (Fsp3) is 0.300. The SMILES string of the molecule is N/C(=N/O)c1ccc(Cl)cc1OCCOC(F)(F)F. The summed E-state index contributed by atoms with van der Waals surface area (Å²) >= 11 is 5.72. The molecule has 0 heterocycles. The summed E-state index contributed by atoms with van der Waals surface area (Å²) < 4.78 is 43.8. The van der Waals surface area contributed by atoms with E-state index in [4.69, 9.17) is 27.3 Å². The van der Waals surface area contributed by atoms with Crippen LogP contribution in [0, 0.1) is 0 Å². The zero-order valence-electron chi connectivity index (χ0n) is 9.45. The molecular formula is C10H10ClF3N2O3. The zero-order chi connectivity index (χ0) is 14.5. The van der Waals surface area contributed by atoms with Gasteiger partial charge in [0.15, 0.2) is 5.84 Å². The predicted molar refractivity (Wildman–Crippen MR) is 61.5 cm³/mol. The van der Waals surface area contributed by atoms with Gasteiger partial charge in [0, 0.05) is 5.02 Å². The van der Waals surface area contributed by atoms with Crippen LogP contribution in [0.3, 0.4) is 0 Å². The molecule has 19 heavy (non-hydrogen) atoms. The molecule has 1 aromatic rings. The van der Waals surface area contributed by atoms with Crippen molar-refractivity contribution in [3.63, 3.8) is 0 Å². The van der Waals surface area contributed by atoms with Crippen LogP contribution in [0.2, 0.25) is 5.02 Å². The number of nitrogens with zero attached hydrogens (tertiary/aromatic N) is 1. The molecule has 0 saturated heterocycles. The van der Waals surface area contributed by atoms with Gasteiger partial charge < -0.3 is 15.7 Å². The number of rotatable bonds is 5. The van der Waals surface area contributed by atoms with E-state index in [2.05, 4.69) is 9.89 Å². The first-order valence-corrected chi connectivity index (χ1v) is 5.32. The van der Waals surface area contributed by atoms with E-state index in [0.717, 1.165) is 0 Å². The summed E-state index contributed by atoms with van der Waals surface area (Å²) in [6.45, 7) is -1.06. The highest BCUT2D eigenvalue weighted by Gasteiger charge is 2.28. The van der Waals surface area contributed by atoms with E-state index in [0.29, 0.717) is 5.02 Å². The Labute approximate surface area is 111 Å². The molecule has 0 fully saturated rings. The fourth-order valence-electron chi connectivity index (χ4n) is 1.19. The number of oxime groups is 1. The molecule has 1 aromatic carbocycles. The van der Waals surface area contributed by atoms with Crippen LogP contribution in [0.25, 0.3) is 0 Å². The van der Waals surface area contributed by atoms with Gasteiger partial charge in [-0.25, -0.2) is 0 Å². The van der Waals surface area contributed by atoms with Crippen molar-refractivity contribution in [1.29, 1.82) is 0 Å². The molecule has 0 bridgehead atoms. The van der Waals surface area contributed by atoms with Crippen molar-refractivity contribution in [2.45, 2.75) is 6.36 Å². The summed E-state index contributed by atoms with van der Waals surface area (Å²) in [7, 11) is 0. The maximum atomic E-state index is 11.7. The molecule has 0 saturated carbocycles. The fourth-order valence-corrected chi connectivity index (χ4v) is 1.35. The third-order valence-corrected chi connectivity index (χ3v) is 2.17. The lowest BCUT2D eigenvalue weighted by molar-refractivity contribution is -0.325. The summed E-state index contributed by atoms with van der Waals surface area (Å²) in [5, 5.41) is 11.6. The summed E-state index contributed by atoms with van der Waals surface area (Å²) in [5.74, 6) is -0.156. The summed E-state index contributed by atoms with van der Waals surface area (Å²) in [5.41, 5.74) is 5.59. The van der Waals surface area contributed by atoms with E-state index >= 15 is 0 Å². The molecule has 0 unspecified atom stereocenters. The van der Waals surface area contributed by atoms with E-state index in [1.165, 1.54) is 18.2 Å². The second-order valence-corrected chi connectivity index (χ2v) is 3.70. The Morgan fingerprint density at radius 2 is 2.05 bits per heavy atom. The van der Waals surface area contributed by atoms with Crippen LogP contribution in [0.1, 0.15) is 5.56 Å². The van der Waals surface area contributed by atoms with Crippen molar-refractivity contribution in [2.24, 2.45) is 10.9 Å². The number of hydrogen-bond acceptors (Lipinski definition) is 4. The molecule has 0 spiro atoms. The monoisotopic (exact) mass is 298 g/mol. The standard InChI is InChI=1S/C10H10ClF3N2O3/c11-6-1-2-7(9(15)16-17)8(5-6)18-3-4-19-10(12,13)14/h1-2,5,17H,3-4H2,(H2,15,16). The van der Waals surface area contributed by atoms with Crippen LogP contribution < -0.4 is 10.5 Å². The summed E-state index contributed by atoms with van der Waals surface area (Å²) in [6.07, 6.45) is -4.72. The first-order valence-electron chi connectivity index (χ1n) is 4.94. The van der Waals surface area contributed by atoms with Gasteiger partial charge in [-0.15, -0.1) is 13.2 Å². The quantitative estimate of drug-likeness (QED) is 0.288. The summed E-state index contributed by atoms with van der Waals surface area (Å²) in [6, 6.07) is 4.22. The van der Waals surface area contributed by atoms with Gasteiger partial charge in [0.25, 0.3) is 0 Å². The molecule has 0 aliphatic carbocycles. The lowest BCUT2D eigenvalue weighted by Crippen LogP contribution is -2.19. The molecule has 3 N–H and O–H groups in total. The van der Waals surface area contributed by atoms with Crippen LogP contribution in [0.5, 0.6) is 5.75 Å². The van der Waals surface area contributed by atoms with Crippen LogP contribution in [-0.2, 0) is 4.74 Å². The Kier molecular flexibility index (Phi) is 5.25. The predicted octanol–water partition coefficient (Wildman–Crippen LogP) is 2.35. The highest BCUT2D eigenvalue weighted by molar-refractivity contribution is 6.30. The minimum atomic E-state index is -4.72.